The summed E-state index contributed by atoms with van der Waals surface area (Å²) in [6.07, 6.45) is 59.5. The monoisotopic (exact) mass is 1010 g/mol. The number of phosphoric acid groups is 1. The van der Waals surface area contributed by atoms with E-state index in [4.69, 9.17) is 13.8 Å². The number of phosphoric ester groups is 1. The van der Waals surface area contributed by atoms with Crippen molar-refractivity contribution in [3.63, 3.8) is 0 Å². The number of hydrogen-bond acceptors (Lipinski definition) is 7. The Morgan fingerprint density at radius 1 is 0.486 bits per heavy atom. The highest BCUT2D eigenvalue weighted by molar-refractivity contribution is 7.45. The van der Waals surface area contributed by atoms with Crippen molar-refractivity contribution < 1.29 is 37.3 Å². The van der Waals surface area contributed by atoms with Gasteiger partial charge in [0.2, 0.25) is 5.91 Å². The maximum absolute atomic E-state index is 13.5. The van der Waals surface area contributed by atoms with Gasteiger partial charge in [0.25, 0.3) is 7.82 Å². The maximum Gasteiger partial charge on any atom is 0.306 e. The first-order valence-corrected chi connectivity index (χ1v) is 31.3. The lowest BCUT2D eigenvalue weighted by Gasteiger charge is -2.30. The molecule has 1 amide bonds. The number of unbranched alkanes of at least 4 members (excludes halogenated alkanes) is 34. The van der Waals surface area contributed by atoms with E-state index in [1.165, 1.54) is 161 Å². The molecule has 0 saturated heterocycles. The molecule has 0 bridgehead atoms. The van der Waals surface area contributed by atoms with Crippen LogP contribution in [0.5, 0.6) is 0 Å². The quantitative estimate of drug-likeness (QED) is 0.0212. The van der Waals surface area contributed by atoms with Gasteiger partial charge in [-0.05, 0) is 83.1 Å². The highest BCUT2D eigenvalue weighted by Crippen LogP contribution is 2.38. The Bertz CT molecular complexity index is 1300. The molecule has 0 aliphatic heterocycles. The Labute approximate surface area is 434 Å². The Morgan fingerprint density at radius 2 is 0.829 bits per heavy atom. The number of carbonyl (C=O) groups excluding carboxylic acids is 2. The number of likely N-dealkylation sites (N-methyl/N-ethyl adjacent to an activating group) is 1. The molecule has 0 heterocycles. The van der Waals surface area contributed by atoms with Crippen molar-refractivity contribution in [2.75, 3.05) is 40.9 Å². The summed E-state index contributed by atoms with van der Waals surface area (Å²) in [7, 11) is 1.18. The summed E-state index contributed by atoms with van der Waals surface area (Å²) in [4.78, 5) is 39.9. The maximum atomic E-state index is 13.5. The van der Waals surface area contributed by atoms with Gasteiger partial charge in [-0.1, -0.05) is 225 Å². The van der Waals surface area contributed by atoms with E-state index in [0.29, 0.717) is 17.4 Å². The standard InChI is InChI=1S/C60H115N2O7P/c1-7-10-13-16-19-22-25-28-30-32-34-37-40-43-46-49-52-59(63)61-57(56-68-70(65,66)67-55-54-62(4,5)6)58(51-48-45-42-39-36-33-27-24-21-18-15-12-9-3)69-60(64)53-50-47-44-41-38-35-31-29-26-23-20-17-14-11-8-2/h23,26,30,32,48,51,57-58H,7-22,24-25,27-29,31,33-47,49-50,52-56H2,1-6H3,(H-,61,63,65,66)/b26-23-,32-30+,51-48+. The molecule has 0 aromatic heterocycles. The largest absolute Gasteiger partial charge is 0.756 e. The second kappa shape index (κ2) is 50.7. The smallest absolute Gasteiger partial charge is 0.306 e. The molecule has 1 N–H and O–H groups in total. The molecular weight excluding hydrogens is 892 g/mol. The minimum atomic E-state index is -4.69. The third-order valence-corrected chi connectivity index (χ3v) is 14.3. The van der Waals surface area contributed by atoms with Gasteiger partial charge in [-0.3, -0.25) is 14.2 Å². The van der Waals surface area contributed by atoms with Gasteiger partial charge in [0.1, 0.15) is 19.3 Å². The van der Waals surface area contributed by atoms with Crippen LogP contribution in [0.25, 0.3) is 0 Å². The third-order valence-electron chi connectivity index (χ3n) is 13.3. The Balaban J connectivity index is 5.35. The first kappa shape index (κ1) is 68.2. The van der Waals surface area contributed by atoms with Crippen molar-refractivity contribution in [1.29, 1.82) is 0 Å². The second-order valence-corrected chi connectivity index (χ2v) is 22.9. The minimum Gasteiger partial charge on any atom is -0.756 e. The Kier molecular flexibility index (Phi) is 49.5. The SMILES string of the molecule is CCCCCC/C=C\CCCCCCCCCC(=O)OC(/C=C/CCCCCCCCCCCCC)C(COP(=O)([O-])OCC[N+](C)(C)C)NC(=O)CCCCCCC/C=C/CCCCCCCCC. The Hall–Kier alpha value is -1.77. The molecule has 0 radical (unpaired) electrons. The molecule has 0 aromatic rings. The van der Waals surface area contributed by atoms with Crippen molar-refractivity contribution in [2.24, 2.45) is 0 Å². The van der Waals surface area contributed by atoms with E-state index in [1.54, 1.807) is 0 Å². The van der Waals surface area contributed by atoms with Gasteiger partial charge >= 0.3 is 5.97 Å². The number of allylic oxidation sites excluding steroid dienone is 5. The lowest BCUT2D eigenvalue weighted by molar-refractivity contribution is -0.870. The highest BCUT2D eigenvalue weighted by atomic mass is 31.2. The van der Waals surface area contributed by atoms with E-state index in [2.05, 4.69) is 50.4 Å². The lowest BCUT2D eigenvalue weighted by Crippen LogP contribution is -2.47. The lowest BCUT2D eigenvalue weighted by atomic mass is 10.0. The first-order valence-electron chi connectivity index (χ1n) is 29.8. The zero-order valence-electron chi connectivity index (χ0n) is 47.0. The van der Waals surface area contributed by atoms with E-state index in [1.807, 2.05) is 33.3 Å². The first-order chi connectivity index (χ1) is 33.9. The third kappa shape index (κ3) is 51.1. The highest BCUT2D eigenvalue weighted by Gasteiger charge is 2.27. The zero-order valence-corrected chi connectivity index (χ0v) is 47.9. The van der Waals surface area contributed by atoms with Gasteiger partial charge in [-0.25, -0.2) is 0 Å². The van der Waals surface area contributed by atoms with E-state index in [9.17, 15) is 19.0 Å². The summed E-state index contributed by atoms with van der Waals surface area (Å²) in [5.74, 6) is -0.547. The van der Waals surface area contributed by atoms with Crippen LogP contribution in [-0.2, 0) is 27.9 Å². The van der Waals surface area contributed by atoms with Crippen LogP contribution in [0, 0.1) is 0 Å². The fraction of sp³-hybridized carbons (Fsp3) is 0.867. The molecule has 3 atom stereocenters. The van der Waals surface area contributed by atoms with E-state index in [0.717, 1.165) is 89.9 Å². The number of nitrogens with zero attached hydrogens (tertiary/aromatic N) is 1. The minimum absolute atomic E-state index is 0.0231. The number of amides is 1. The fourth-order valence-electron chi connectivity index (χ4n) is 8.63. The van der Waals surface area contributed by atoms with Crippen LogP contribution in [-0.4, -0.2) is 69.4 Å². The molecule has 0 fully saturated rings. The van der Waals surface area contributed by atoms with Crippen LogP contribution >= 0.6 is 7.82 Å². The molecule has 0 rings (SSSR count). The van der Waals surface area contributed by atoms with E-state index in [-0.39, 0.29) is 24.9 Å². The van der Waals surface area contributed by atoms with Crippen molar-refractivity contribution in [3.8, 4) is 0 Å². The number of carbonyl (C=O) groups is 2. The van der Waals surface area contributed by atoms with Gasteiger partial charge in [-0.15, -0.1) is 0 Å². The summed E-state index contributed by atoms with van der Waals surface area (Å²) >= 11 is 0. The molecule has 412 valence electrons. The number of esters is 1. The van der Waals surface area contributed by atoms with Crippen molar-refractivity contribution in [1.82, 2.24) is 5.32 Å². The van der Waals surface area contributed by atoms with E-state index >= 15 is 0 Å². The zero-order chi connectivity index (χ0) is 51.5. The van der Waals surface area contributed by atoms with Gasteiger partial charge in [0.05, 0.1) is 33.8 Å². The van der Waals surface area contributed by atoms with Gasteiger partial charge in [0.15, 0.2) is 0 Å². The molecule has 0 aliphatic carbocycles. The van der Waals surface area contributed by atoms with Crippen molar-refractivity contribution >= 4 is 19.7 Å². The number of quaternary nitrogens is 1. The normalized spacial score (nSPS) is 14.0. The molecule has 70 heavy (non-hydrogen) atoms. The molecule has 3 unspecified atom stereocenters. The van der Waals surface area contributed by atoms with E-state index < -0.39 is 26.6 Å². The summed E-state index contributed by atoms with van der Waals surface area (Å²) in [5.41, 5.74) is 0. The molecule has 10 heteroatoms. The average Bonchev–Trinajstić information content (AvgIpc) is 3.32. The van der Waals surface area contributed by atoms with Crippen LogP contribution in [0.15, 0.2) is 36.5 Å². The van der Waals surface area contributed by atoms with Crippen molar-refractivity contribution in [2.45, 2.75) is 296 Å². The molecule has 0 aliphatic rings. The average molecular weight is 1010 g/mol. The van der Waals surface area contributed by atoms with Crippen LogP contribution in [0.1, 0.15) is 284 Å². The summed E-state index contributed by atoms with van der Waals surface area (Å²) in [6.45, 7) is 6.84. The van der Waals surface area contributed by atoms with Crippen LogP contribution < -0.4 is 10.2 Å². The number of ether oxygens (including phenoxy) is 1. The van der Waals surface area contributed by atoms with Gasteiger partial charge in [-0.2, -0.15) is 0 Å². The Morgan fingerprint density at radius 3 is 1.23 bits per heavy atom. The van der Waals surface area contributed by atoms with Gasteiger partial charge < -0.3 is 28.5 Å². The van der Waals surface area contributed by atoms with Crippen LogP contribution in [0.3, 0.4) is 0 Å². The molecule has 0 saturated carbocycles. The summed E-state index contributed by atoms with van der Waals surface area (Å²) < 4.78 is 30.3. The topological polar surface area (TPSA) is 114 Å². The summed E-state index contributed by atoms with van der Waals surface area (Å²) in [5, 5.41) is 3.02. The second-order valence-electron chi connectivity index (χ2n) is 21.5. The molecule has 0 aromatic carbocycles. The van der Waals surface area contributed by atoms with Crippen LogP contribution in [0.4, 0.5) is 0 Å². The predicted octanol–water partition coefficient (Wildman–Crippen LogP) is 17.3. The fourth-order valence-corrected chi connectivity index (χ4v) is 9.35. The number of rotatable bonds is 54. The van der Waals surface area contributed by atoms with Crippen LogP contribution in [0.2, 0.25) is 0 Å². The van der Waals surface area contributed by atoms with Gasteiger partial charge in [0, 0.05) is 12.8 Å². The predicted molar refractivity (Wildman–Crippen MR) is 298 cm³/mol. The molecule has 0 spiro atoms. The number of hydrogen-bond donors (Lipinski definition) is 1. The molecular formula is C60H115N2O7P. The molecule has 9 nitrogen and oxygen atoms in total. The number of nitrogens with one attached hydrogen (secondary N) is 1. The van der Waals surface area contributed by atoms with Crippen molar-refractivity contribution in [3.05, 3.63) is 36.5 Å². The summed E-state index contributed by atoms with van der Waals surface area (Å²) in [6, 6.07) is -0.891.